The van der Waals surface area contributed by atoms with E-state index in [1.807, 2.05) is 27.8 Å². The SMILES string of the molecule is C[S+](=O)([O-])NCCn1ccc2cc(OC3CCN(C(=O)C4CCCC4)CC3)cnc21. The minimum absolute atomic E-state index is 0.0953. The number of amides is 1. The topological polar surface area (TPSA) is 99.5 Å². The van der Waals surface area contributed by atoms with E-state index in [9.17, 15) is 13.6 Å². The standard InChI is InChI=1S/C21H30N4O4S/c1-30(27,28)23-9-13-24-10-6-17-14-19(15-22-20(17)24)29-18-7-11-25(12-8-18)21(26)16-4-2-3-5-16/h6,10,14-16,18H,2-5,7-9,11-13H2,1H3,(H-,23,27,28). The lowest BCUT2D eigenvalue weighted by Crippen LogP contribution is -2.43. The second kappa shape index (κ2) is 9.03. The summed E-state index contributed by atoms with van der Waals surface area (Å²) < 4.78 is 33.0. The van der Waals surface area contributed by atoms with Gasteiger partial charge in [-0.1, -0.05) is 17.1 Å². The average molecular weight is 435 g/mol. The Hall–Kier alpha value is -1.97. The smallest absolute Gasteiger partial charge is 0.225 e. The van der Waals surface area contributed by atoms with Crippen LogP contribution in [-0.4, -0.2) is 56.9 Å². The maximum atomic E-state index is 12.6. The molecule has 2 aromatic rings. The third-order valence-electron chi connectivity index (χ3n) is 6.05. The van der Waals surface area contributed by atoms with Gasteiger partial charge in [-0.05, 0) is 25.0 Å². The second-order valence-corrected chi connectivity index (χ2v) is 10.2. The third-order valence-corrected chi connectivity index (χ3v) is 6.78. The van der Waals surface area contributed by atoms with Crippen molar-refractivity contribution in [3.8, 4) is 5.75 Å². The molecular weight excluding hydrogens is 404 g/mol. The van der Waals surface area contributed by atoms with Crippen LogP contribution in [0.2, 0.25) is 0 Å². The van der Waals surface area contributed by atoms with Gasteiger partial charge < -0.3 is 18.8 Å². The van der Waals surface area contributed by atoms with E-state index in [1.165, 1.54) is 12.8 Å². The van der Waals surface area contributed by atoms with Gasteiger partial charge in [0.1, 0.15) is 34.2 Å². The Balaban J connectivity index is 1.30. The van der Waals surface area contributed by atoms with Gasteiger partial charge in [-0.15, -0.1) is 4.72 Å². The highest BCUT2D eigenvalue weighted by atomic mass is 32.3. The number of carbonyl (C=O) groups excluding carboxylic acids is 1. The average Bonchev–Trinajstić information content (AvgIpc) is 3.37. The first-order valence-electron chi connectivity index (χ1n) is 10.7. The normalized spacial score (nSPS) is 20.5. The first-order chi connectivity index (χ1) is 14.4. The van der Waals surface area contributed by atoms with Crippen LogP contribution in [0.25, 0.3) is 11.0 Å². The molecule has 2 aliphatic rings. The lowest BCUT2D eigenvalue weighted by Gasteiger charge is -2.33. The fraction of sp³-hybridized carbons (Fsp3) is 0.619. The zero-order valence-electron chi connectivity index (χ0n) is 17.4. The number of nitrogens with one attached hydrogen (secondary N) is 1. The van der Waals surface area contributed by atoms with Crippen LogP contribution in [0.5, 0.6) is 5.75 Å². The highest BCUT2D eigenvalue weighted by Crippen LogP contribution is 2.28. The first-order valence-corrected chi connectivity index (χ1v) is 12.6. The summed E-state index contributed by atoms with van der Waals surface area (Å²) in [5.41, 5.74) is 0.801. The Morgan fingerprint density at radius 2 is 2.03 bits per heavy atom. The molecule has 2 aromatic heterocycles. The molecule has 2 fully saturated rings. The molecular formula is C21H30N4O4S. The molecule has 0 aromatic carbocycles. The predicted octanol–water partition coefficient (Wildman–Crippen LogP) is 2.36. The van der Waals surface area contributed by atoms with Crippen LogP contribution in [0.4, 0.5) is 0 Å². The Morgan fingerprint density at radius 3 is 2.73 bits per heavy atom. The molecule has 1 N–H and O–H groups in total. The number of piperidine rings is 1. The Morgan fingerprint density at radius 1 is 1.30 bits per heavy atom. The molecule has 1 saturated carbocycles. The molecule has 4 rings (SSSR count). The molecule has 30 heavy (non-hydrogen) atoms. The van der Waals surface area contributed by atoms with Gasteiger partial charge in [0.2, 0.25) is 5.91 Å². The molecule has 8 nitrogen and oxygen atoms in total. The molecule has 1 unspecified atom stereocenters. The lowest BCUT2D eigenvalue weighted by atomic mass is 10.0. The minimum Gasteiger partial charge on any atom is -0.598 e. The van der Waals surface area contributed by atoms with Crippen LogP contribution in [0.1, 0.15) is 38.5 Å². The van der Waals surface area contributed by atoms with E-state index >= 15 is 0 Å². The van der Waals surface area contributed by atoms with Crippen molar-refractivity contribution in [3.63, 3.8) is 0 Å². The predicted molar refractivity (Wildman–Crippen MR) is 115 cm³/mol. The molecule has 1 aliphatic heterocycles. The van der Waals surface area contributed by atoms with E-state index in [-0.39, 0.29) is 12.0 Å². The molecule has 0 radical (unpaired) electrons. The highest BCUT2D eigenvalue weighted by molar-refractivity contribution is 7.95. The number of fused-ring (bicyclic) bond motifs is 1. The van der Waals surface area contributed by atoms with Crippen molar-refractivity contribution >= 4 is 27.3 Å². The number of hydrogen-bond donors (Lipinski definition) is 1. The highest BCUT2D eigenvalue weighted by Gasteiger charge is 2.30. The fourth-order valence-electron chi connectivity index (χ4n) is 4.47. The van der Waals surface area contributed by atoms with Crippen molar-refractivity contribution in [1.82, 2.24) is 19.2 Å². The van der Waals surface area contributed by atoms with Gasteiger partial charge in [0, 0.05) is 50.0 Å². The van der Waals surface area contributed by atoms with E-state index in [0.717, 1.165) is 61.8 Å². The van der Waals surface area contributed by atoms with E-state index in [4.69, 9.17) is 4.74 Å². The molecule has 1 atom stereocenters. The van der Waals surface area contributed by atoms with Crippen LogP contribution in [0.3, 0.4) is 0 Å². The molecule has 9 heteroatoms. The molecule has 1 amide bonds. The van der Waals surface area contributed by atoms with E-state index < -0.39 is 10.4 Å². The molecule has 3 heterocycles. The van der Waals surface area contributed by atoms with Crippen molar-refractivity contribution in [2.75, 3.05) is 25.9 Å². The van der Waals surface area contributed by atoms with E-state index in [0.29, 0.717) is 19.0 Å². The summed E-state index contributed by atoms with van der Waals surface area (Å²) in [6.45, 7) is 2.36. The Kier molecular flexibility index (Phi) is 6.40. The van der Waals surface area contributed by atoms with Gasteiger partial charge in [0.05, 0.1) is 12.7 Å². The summed E-state index contributed by atoms with van der Waals surface area (Å²) in [6.07, 6.45) is 11.0. The van der Waals surface area contributed by atoms with Crippen LogP contribution in [0, 0.1) is 5.92 Å². The zero-order chi connectivity index (χ0) is 21.1. The van der Waals surface area contributed by atoms with Crippen LogP contribution in [-0.2, 0) is 25.9 Å². The van der Waals surface area contributed by atoms with Crippen molar-refractivity contribution in [2.24, 2.45) is 5.92 Å². The van der Waals surface area contributed by atoms with Crippen molar-refractivity contribution in [2.45, 2.75) is 51.2 Å². The van der Waals surface area contributed by atoms with Crippen molar-refractivity contribution in [3.05, 3.63) is 24.5 Å². The summed E-state index contributed by atoms with van der Waals surface area (Å²) in [4.78, 5) is 19.1. The lowest BCUT2D eigenvalue weighted by molar-refractivity contribution is -0.137. The number of pyridine rings is 1. The Labute approximate surface area is 178 Å². The second-order valence-electron chi connectivity index (χ2n) is 8.38. The third kappa shape index (κ3) is 5.19. The molecule has 1 saturated heterocycles. The van der Waals surface area contributed by atoms with Gasteiger partial charge in [-0.3, -0.25) is 4.79 Å². The van der Waals surface area contributed by atoms with Crippen LogP contribution >= 0.6 is 0 Å². The molecule has 0 spiro atoms. The van der Waals surface area contributed by atoms with Gasteiger partial charge in [-0.2, -0.15) is 0 Å². The number of hydrogen-bond acceptors (Lipinski definition) is 5. The number of carbonyl (C=O) groups is 1. The summed E-state index contributed by atoms with van der Waals surface area (Å²) in [5.74, 6) is 1.31. The minimum atomic E-state index is -3.20. The number of ether oxygens (including phenoxy) is 1. The van der Waals surface area contributed by atoms with Crippen LogP contribution < -0.4 is 9.46 Å². The summed E-state index contributed by atoms with van der Waals surface area (Å²) >= 11 is 0. The van der Waals surface area contributed by atoms with Crippen molar-refractivity contribution in [1.29, 1.82) is 0 Å². The monoisotopic (exact) mass is 434 g/mol. The summed E-state index contributed by atoms with van der Waals surface area (Å²) in [6, 6.07) is 3.93. The first kappa shape index (κ1) is 21.3. The number of aromatic nitrogens is 2. The van der Waals surface area contributed by atoms with Gasteiger partial charge in [0.25, 0.3) is 0 Å². The maximum absolute atomic E-state index is 12.6. The molecule has 1 aliphatic carbocycles. The molecule has 0 bridgehead atoms. The number of rotatable bonds is 7. The van der Waals surface area contributed by atoms with E-state index in [2.05, 4.69) is 9.71 Å². The van der Waals surface area contributed by atoms with Gasteiger partial charge in [0.15, 0.2) is 0 Å². The number of nitrogens with zero attached hydrogens (tertiary/aromatic N) is 3. The quantitative estimate of drug-likeness (QED) is 0.675. The van der Waals surface area contributed by atoms with Crippen LogP contribution in [0.15, 0.2) is 24.5 Å². The van der Waals surface area contributed by atoms with Gasteiger partial charge in [-0.25, -0.2) is 4.98 Å². The van der Waals surface area contributed by atoms with Gasteiger partial charge >= 0.3 is 0 Å². The van der Waals surface area contributed by atoms with E-state index in [1.54, 1.807) is 6.20 Å². The molecule has 164 valence electrons. The fourth-order valence-corrected chi connectivity index (χ4v) is 4.93. The zero-order valence-corrected chi connectivity index (χ0v) is 18.2. The Bertz CT molecular complexity index is 926. The summed E-state index contributed by atoms with van der Waals surface area (Å²) in [7, 11) is -3.20. The number of sulfonamides is 1. The maximum Gasteiger partial charge on any atom is 0.225 e. The van der Waals surface area contributed by atoms with Crippen molar-refractivity contribution < 1.29 is 18.3 Å². The summed E-state index contributed by atoms with van der Waals surface area (Å²) in [5, 5.41) is 0.959. The number of likely N-dealkylation sites (tertiary alicyclic amines) is 1. The largest absolute Gasteiger partial charge is 0.598 e.